The van der Waals surface area contributed by atoms with Gasteiger partial charge < -0.3 is 9.84 Å². The number of anilines is 1. The third-order valence-electron chi connectivity index (χ3n) is 5.91. The molecule has 0 saturated heterocycles. The van der Waals surface area contributed by atoms with E-state index in [1.54, 1.807) is 4.68 Å². The van der Waals surface area contributed by atoms with Crippen molar-refractivity contribution in [2.75, 3.05) is 25.0 Å². The van der Waals surface area contributed by atoms with E-state index >= 15 is 0 Å². The first-order chi connectivity index (χ1) is 16.8. The van der Waals surface area contributed by atoms with Gasteiger partial charge >= 0.3 is 12.1 Å². The largest absolute Gasteiger partial charge is 0.494 e. The van der Waals surface area contributed by atoms with Crippen molar-refractivity contribution in [3.05, 3.63) is 47.4 Å². The molecule has 0 unspecified atom stereocenters. The Kier molecular flexibility index (Phi) is 6.70. The molecular weight excluding hydrogens is 505 g/mol. The normalized spacial score (nSPS) is 18.2. The summed E-state index contributed by atoms with van der Waals surface area (Å²) >= 11 is 0. The average molecular weight is 529 g/mol. The van der Waals surface area contributed by atoms with Crippen LogP contribution in [0, 0.1) is 12.8 Å². The lowest BCUT2D eigenvalue weighted by Gasteiger charge is -2.34. The molecule has 0 aliphatic heterocycles. The second-order valence-corrected chi connectivity index (χ2v) is 10.1. The average Bonchev–Trinajstić information content (AvgIpc) is 3.17. The van der Waals surface area contributed by atoms with E-state index in [4.69, 9.17) is 9.02 Å². The molecule has 0 atom stereocenters. The molecule has 1 fully saturated rings. The molecule has 14 heteroatoms. The summed E-state index contributed by atoms with van der Waals surface area (Å²) in [5.74, 6) is -1.04. The summed E-state index contributed by atoms with van der Waals surface area (Å²) in [6.45, 7) is 1.44. The molecule has 0 radical (unpaired) electrons. The molecule has 1 amide bonds. The molecule has 1 aliphatic rings. The van der Waals surface area contributed by atoms with Gasteiger partial charge in [-0.3, -0.25) is 9.48 Å². The van der Waals surface area contributed by atoms with Crippen LogP contribution in [-0.4, -0.2) is 54.2 Å². The maximum atomic E-state index is 13.4. The molecule has 1 saturated carbocycles. The van der Waals surface area contributed by atoms with Gasteiger partial charge in [0, 0.05) is 18.1 Å². The van der Waals surface area contributed by atoms with E-state index in [9.17, 15) is 31.5 Å². The van der Waals surface area contributed by atoms with E-state index in [-0.39, 0.29) is 35.6 Å². The highest BCUT2D eigenvalue weighted by atomic mass is 32.2. The molecule has 1 aromatic carbocycles. The minimum absolute atomic E-state index is 0.0175. The highest BCUT2D eigenvalue weighted by Gasteiger charge is 2.36. The summed E-state index contributed by atoms with van der Waals surface area (Å²) in [5, 5.41) is 14.5. The lowest BCUT2D eigenvalue weighted by Crippen LogP contribution is -2.35. The highest BCUT2D eigenvalue weighted by Crippen LogP contribution is 2.41. The van der Waals surface area contributed by atoms with E-state index < -0.39 is 33.6 Å². The third-order valence-corrected chi connectivity index (χ3v) is 6.33. The maximum absolute atomic E-state index is 13.4. The van der Waals surface area contributed by atoms with E-state index in [0.717, 1.165) is 25.0 Å². The summed E-state index contributed by atoms with van der Waals surface area (Å²) in [7, 11) is -3.03. The molecule has 36 heavy (non-hydrogen) atoms. The molecule has 4 rings (SSSR count). The maximum Gasteiger partial charge on any atom is 0.433 e. The van der Waals surface area contributed by atoms with Gasteiger partial charge in [-0.15, -0.1) is 4.28 Å². The number of halogens is 3. The first kappa shape index (κ1) is 25.9. The Balaban J connectivity index is 1.82. The Morgan fingerprint density at radius 1 is 1.28 bits per heavy atom. The monoisotopic (exact) mass is 528 g/mol. The number of aliphatic hydroxyl groups is 1. The number of hydrogen-bond acceptors (Lipinski definition) is 8. The lowest BCUT2D eigenvalue weighted by molar-refractivity contribution is -0.141. The molecule has 194 valence electrons. The predicted octanol–water partition coefficient (Wildman–Crippen LogP) is 3.25. The van der Waals surface area contributed by atoms with Crippen molar-refractivity contribution in [3.8, 4) is 5.75 Å². The Labute approximate surface area is 204 Å². The second-order valence-electron chi connectivity index (χ2n) is 8.58. The Bertz CT molecular complexity index is 1420. The second kappa shape index (κ2) is 9.33. The predicted molar refractivity (Wildman–Crippen MR) is 122 cm³/mol. The number of pyridine rings is 1. The number of aliphatic hydroxyl groups excluding tert-OH is 1. The fourth-order valence-electron chi connectivity index (χ4n) is 4.04. The molecule has 2 aromatic heterocycles. The van der Waals surface area contributed by atoms with Crippen LogP contribution in [0.1, 0.15) is 40.6 Å². The number of fused-ring (bicyclic) bond motifs is 1. The van der Waals surface area contributed by atoms with Crippen molar-refractivity contribution in [1.29, 1.82) is 0 Å². The van der Waals surface area contributed by atoms with Crippen LogP contribution in [0.4, 0.5) is 18.9 Å². The smallest absolute Gasteiger partial charge is 0.433 e. The van der Waals surface area contributed by atoms with Crippen LogP contribution < -0.4 is 9.80 Å². The van der Waals surface area contributed by atoms with Crippen LogP contribution in [0.15, 0.2) is 30.5 Å². The zero-order chi connectivity index (χ0) is 26.4. The molecule has 0 spiro atoms. The van der Waals surface area contributed by atoms with Gasteiger partial charge in [-0.1, -0.05) is 6.07 Å². The summed E-state index contributed by atoms with van der Waals surface area (Å²) in [5.41, 5.74) is -1.43. The van der Waals surface area contributed by atoms with Gasteiger partial charge in [-0.2, -0.15) is 31.8 Å². The van der Waals surface area contributed by atoms with Gasteiger partial charge in [0.15, 0.2) is 0 Å². The lowest BCUT2D eigenvalue weighted by atomic mass is 9.81. The van der Waals surface area contributed by atoms with Gasteiger partial charge in [-0.05, 0) is 43.4 Å². The number of amides is 1. The molecule has 1 aliphatic carbocycles. The molecule has 10 nitrogen and oxygen atoms in total. The first-order valence-electron chi connectivity index (χ1n) is 10.8. The molecule has 1 N–H and O–H groups in total. The highest BCUT2D eigenvalue weighted by molar-refractivity contribution is 7.86. The van der Waals surface area contributed by atoms with Crippen molar-refractivity contribution in [3.63, 3.8) is 0 Å². The number of aromatic nitrogens is 3. The number of ether oxygens (including phenoxy) is 1. The fourth-order valence-corrected chi connectivity index (χ4v) is 4.46. The van der Waals surface area contributed by atoms with Crippen LogP contribution in [-0.2, 0) is 20.6 Å². The van der Waals surface area contributed by atoms with Crippen molar-refractivity contribution in [2.45, 2.75) is 32.0 Å². The molecule has 3 aromatic rings. The SMILES string of the molecule is COc1cc2c(cnn2C2CC(CO)C2)cc1N(OS(C)(=O)=O)C(=O)c1nc(C(F)(F)F)ccc1C. The van der Waals surface area contributed by atoms with Gasteiger partial charge in [0.05, 0.1) is 31.1 Å². The summed E-state index contributed by atoms with van der Waals surface area (Å²) < 4.78 is 75.9. The fraction of sp³-hybridized carbons (Fsp3) is 0.409. The van der Waals surface area contributed by atoms with Crippen LogP contribution in [0.25, 0.3) is 10.9 Å². The number of aryl methyl sites for hydroxylation is 1. The zero-order valence-corrected chi connectivity index (χ0v) is 20.3. The minimum atomic E-state index is -4.83. The van der Waals surface area contributed by atoms with Gasteiger partial charge in [0.1, 0.15) is 22.8 Å². The molecule has 0 bridgehead atoms. The Morgan fingerprint density at radius 2 is 1.97 bits per heavy atom. The first-order valence-corrected chi connectivity index (χ1v) is 12.6. The Morgan fingerprint density at radius 3 is 2.56 bits per heavy atom. The number of nitrogens with zero attached hydrogens (tertiary/aromatic N) is 4. The van der Waals surface area contributed by atoms with Gasteiger partial charge in [0.2, 0.25) is 0 Å². The van der Waals surface area contributed by atoms with Gasteiger partial charge in [0.25, 0.3) is 10.1 Å². The van der Waals surface area contributed by atoms with Crippen LogP contribution >= 0.6 is 0 Å². The number of carbonyl (C=O) groups is 1. The van der Waals surface area contributed by atoms with E-state index in [1.807, 2.05) is 0 Å². The number of benzene rings is 1. The van der Waals surface area contributed by atoms with Crippen molar-refractivity contribution in [1.82, 2.24) is 14.8 Å². The summed E-state index contributed by atoms with van der Waals surface area (Å²) in [4.78, 5) is 16.8. The van der Waals surface area contributed by atoms with Crippen molar-refractivity contribution >= 4 is 32.6 Å². The topological polar surface area (TPSA) is 124 Å². The van der Waals surface area contributed by atoms with Crippen LogP contribution in [0.5, 0.6) is 5.75 Å². The number of hydroxylamine groups is 1. The zero-order valence-electron chi connectivity index (χ0n) is 19.5. The van der Waals surface area contributed by atoms with Gasteiger partial charge in [-0.25, -0.2) is 4.98 Å². The quantitative estimate of drug-likeness (QED) is 0.464. The molecule has 2 heterocycles. The van der Waals surface area contributed by atoms with E-state index in [2.05, 4.69) is 10.1 Å². The summed E-state index contributed by atoms with van der Waals surface area (Å²) in [6, 6.07) is 4.74. The standard InChI is InChI=1S/C22H23F3N4O6S/c1-12-4-5-19(22(23,24)25)27-20(12)21(31)29(35-36(3,32)33)17-8-14-10-26-28(15-6-13(7-15)11-30)16(14)9-18(17)34-2/h4-5,8-10,13,15,30H,6-7,11H2,1-3H3. The summed E-state index contributed by atoms with van der Waals surface area (Å²) in [6.07, 6.45) is -1.19. The van der Waals surface area contributed by atoms with E-state index in [1.165, 1.54) is 32.4 Å². The number of hydrogen-bond donors (Lipinski definition) is 1. The third kappa shape index (κ3) is 5.01. The number of carbonyl (C=O) groups excluding carboxylic acids is 1. The van der Waals surface area contributed by atoms with Crippen LogP contribution in [0.2, 0.25) is 0 Å². The van der Waals surface area contributed by atoms with Crippen molar-refractivity contribution in [2.24, 2.45) is 5.92 Å². The Hall–Kier alpha value is -3.23. The molecular formula is C22H23F3N4O6S. The van der Waals surface area contributed by atoms with Crippen molar-refractivity contribution < 1.29 is 40.5 Å². The number of alkyl halides is 3. The number of methoxy groups -OCH3 is 1. The van der Waals surface area contributed by atoms with E-state index in [0.29, 0.717) is 22.2 Å². The minimum Gasteiger partial charge on any atom is -0.494 e. The number of rotatable bonds is 7. The van der Waals surface area contributed by atoms with Crippen LogP contribution in [0.3, 0.4) is 0 Å².